The molecule has 0 aliphatic carbocycles. The van der Waals surface area contributed by atoms with E-state index in [1.165, 1.54) is 24.4 Å². The van der Waals surface area contributed by atoms with Crippen LogP contribution in [0.3, 0.4) is 0 Å². The molecule has 0 saturated heterocycles. The molecule has 1 aromatic heterocycles. The van der Waals surface area contributed by atoms with Crippen molar-refractivity contribution >= 4 is 21.3 Å². The highest BCUT2D eigenvalue weighted by Crippen LogP contribution is 2.16. The molecule has 0 fully saturated rings. The first-order valence-electron chi connectivity index (χ1n) is 4.74. The van der Waals surface area contributed by atoms with Gasteiger partial charge < -0.3 is 15.4 Å². The Kier molecular flexibility index (Phi) is 2.80. The van der Waals surface area contributed by atoms with Gasteiger partial charge in [-0.3, -0.25) is 0 Å². The van der Waals surface area contributed by atoms with Crippen LogP contribution in [0.4, 0.5) is 11.5 Å². The number of aromatic nitrogens is 1. The summed E-state index contributed by atoms with van der Waals surface area (Å²) in [6.45, 7) is 0. The van der Waals surface area contributed by atoms with Crippen molar-refractivity contribution in [3.63, 3.8) is 0 Å². The Balaban J connectivity index is 2.06. The zero-order valence-corrected chi connectivity index (χ0v) is 9.42. The number of nitrogens with one attached hydrogen (secondary N) is 1. The number of rotatable bonds is 3. The van der Waals surface area contributed by atoms with E-state index in [9.17, 15) is 18.5 Å². The van der Waals surface area contributed by atoms with Gasteiger partial charge in [0.05, 0.1) is 17.5 Å². The molecule has 0 saturated carbocycles. The van der Waals surface area contributed by atoms with Gasteiger partial charge in [0.15, 0.2) is 16.0 Å². The molecule has 17 heavy (non-hydrogen) atoms. The lowest BCUT2D eigenvalue weighted by Crippen LogP contribution is -2.20. The second-order valence-electron chi connectivity index (χ2n) is 3.57. The van der Waals surface area contributed by atoms with E-state index < -0.39 is 14.8 Å². The first-order chi connectivity index (χ1) is 7.96. The molecular weight excluding hydrogens is 246 g/mol. The third kappa shape index (κ3) is 2.78. The van der Waals surface area contributed by atoms with E-state index in [2.05, 4.69) is 10.3 Å². The molecule has 8 heteroatoms. The van der Waals surface area contributed by atoms with Crippen molar-refractivity contribution < 1.29 is 13.3 Å². The number of nitrogens with zero attached hydrogens (tertiary/aromatic N) is 2. The van der Waals surface area contributed by atoms with Crippen LogP contribution < -0.4 is 5.32 Å². The highest BCUT2D eigenvalue weighted by molar-refractivity contribution is 7.94. The van der Waals surface area contributed by atoms with Gasteiger partial charge in [0.25, 0.3) is 0 Å². The van der Waals surface area contributed by atoms with Crippen LogP contribution >= 0.6 is 0 Å². The number of nitro groups is 1. The average molecular weight is 255 g/mol. The fourth-order valence-electron chi connectivity index (χ4n) is 1.46. The summed E-state index contributed by atoms with van der Waals surface area (Å²) in [6, 6.07) is 2.43. The maximum atomic E-state index is 11.1. The van der Waals surface area contributed by atoms with Gasteiger partial charge in [-0.25, -0.2) is 8.42 Å². The highest BCUT2D eigenvalue weighted by atomic mass is 32.2. The van der Waals surface area contributed by atoms with Gasteiger partial charge in [0.2, 0.25) is 0 Å². The predicted molar refractivity (Wildman–Crippen MR) is 61.2 cm³/mol. The third-order valence-electron chi connectivity index (χ3n) is 2.22. The Morgan fingerprint density at radius 2 is 2.24 bits per heavy atom. The molecule has 0 radical (unpaired) electrons. The lowest BCUT2D eigenvalue weighted by Gasteiger charge is -2.09. The largest absolute Gasteiger partial charge is 0.375 e. The molecule has 0 amide bonds. The number of anilines is 1. The zero-order valence-electron chi connectivity index (χ0n) is 8.61. The van der Waals surface area contributed by atoms with Gasteiger partial charge >= 0.3 is 5.82 Å². The van der Waals surface area contributed by atoms with E-state index >= 15 is 0 Å². The molecule has 1 aliphatic rings. The van der Waals surface area contributed by atoms with E-state index in [1.54, 1.807) is 0 Å². The van der Waals surface area contributed by atoms with Gasteiger partial charge in [-0.15, -0.1) is 0 Å². The van der Waals surface area contributed by atoms with Crippen molar-refractivity contribution in [1.82, 2.24) is 4.98 Å². The lowest BCUT2D eigenvalue weighted by molar-refractivity contribution is -0.389. The van der Waals surface area contributed by atoms with E-state index in [0.29, 0.717) is 5.69 Å². The summed E-state index contributed by atoms with van der Waals surface area (Å²) in [6.07, 6.45) is 2.84. The van der Waals surface area contributed by atoms with Crippen LogP contribution in [0, 0.1) is 10.1 Å². The highest BCUT2D eigenvalue weighted by Gasteiger charge is 2.21. The summed E-state index contributed by atoms with van der Waals surface area (Å²) in [4.78, 5) is 13.4. The summed E-state index contributed by atoms with van der Waals surface area (Å²) in [7, 11) is -3.11. The zero-order chi connectivity index (χ0) is 12.5. The van der Waals surface area contributed by atoms with Gasteiger partial charge in [-0.1, -0.05) is 6.08 Å². The van der Waals surface area contributed by atoms with Gasteiger partial charge in [-0.05, 0) is 16.0 Å². The van der Waals surface area contributed by atoms with Crippen LogP contribution in [0.2, 0.25) is 0 Å². The Labute approximate surface area is 97.2 Å². The third-order valence-corrected chi connectivity index (χ3v) is 3.61. The van der Waals surface area contributed by atoms with Crippen molar-refractivity contribution in [2.24, 2.45) is 0 Å². The van der Waals surface area contributed by atoms with Gasteiger partial charge in [-0.2, -0.15) is 0 Å². The molecule has 7 nitrogen and oxygen atoms in total. The molecule has 0 bridgehead atoms. The summed E-state index contributed by atoms with van der Waals surface area (Å²) < 4.78 is 22.3. The van der Waals surface area contributed by atoms with Crippen LogP contribution in [0.1, 0.15) is 0 Å². The predicted octanol–water partition coefficient (Wildman–Crippen LogP) is 0.712. The lowest BCUT2D eigenvalue weighted by atomic mass is 10.3. The van der Waals surface area contributed by atoms with E-state index in [-0.39, 0.29) is 17.6 Å². The first kappa shape index (κ1) is 11.5. The van der Waals surface area contributed by atoms with Crippen molar-refractivity contribution in [1.29, 1.82) is 0 Å². The number of hydrogen-bond acceptors (Lipinski definition) is 6. The number of hydrogen-bond donors (Lipinski definition) is 1. The Bertz CT molecular complexity index is 564. The maximum Gasteiger partial charge on any atom is 0.363 e. The minimum atomic E-state index is -3.11. The topological polar surface area (TPSA) is 102 Å². The summed E-state index contributed by atoms with van der Waals surface area (Å²) >= 11 is 0. The van der Waals surface area contributed by atoms with Crippen molar-refractivity contribution in [3.05, 3.63) is 39.9 Å². The fraction of sp³-hybridized carbons (Fsp3) is 0.222. The van der Waals surface area contributed by atoms with Crippen LogP contribution in [0.5, 0.6) is 0 Å². The average Bonchev–Trinajstić information content (AvgIpc) is 2.59. The molecule has 90 valence electrons. The molecule has 1 unspecified atom stereocenters. The van der Waals surface area contributed by atoms with Crippen LogP contribution in [-0.2, 0) is 9.84 Å². The summed E-state index contributed by atoms with van der Waals surface area (Å²) in [5, 5.41) is 14.4. The summed E-state index contributed by atoms with van der Waals surface area (Å²) in [5.74, 6) is -0.255. The van der Waals surface area contributed by atoms with Crippen LogP contribution in [0.25, 0.3) is 0 Å². The first-order valence-corrected chi connectivity index (χ1v) is 6.46. The normalized spacial score (nSPS) is 21.3. The second-order valence-corrected chi connectivity index (χ2v) is 5.50. The Hall–Kier alpha value is -1.96. The fourth-order valence-corrected chi connectivity index (χ4v) is 2.69. The maximum absolute atomic E-state index is 11.1. The minimum absolute atomic E-state index is 0.00993. The molecule has 1 atom stereocenters. The van der Waals surface area contributed by atoms with Crippen LogP contribution in [-0.4, -0.2) is 30.1 Å². The quantitative estimate of drug-likeness (QED) is 0.630. The molecule has 0 aromatic carbocycles. The smallest absolute Gasteiger partial charge is 0.363 e. The van der Waals surface area contributed by atoms with E-state index in [4.69, 9.17) is 0 Å². The monoisotopic (exact) mass is 255 g/mol. The molecule has 1 aliphatic heterocycles. The Morgan fingerprint density at radius 1 is 1.47 bits per heavy atom. The van der Waals surface area contributed by atoms with Crippen molar-refractivity contribution in [2.45, 2.75) is 6.04 Å². The SMILES string of the molecule is O=[N+]([O-])c1ccc(NC2C=CS(=O)(=O)C2)cn1. The standard InChI is InChI=1S/C9H9N3O4S/c13-12(14)9-2-1-7(5-10-9)11-8-3-4-17(15,16)6-8/h1-5,8,11H,6H2. The molecule has 1 aromatic rings. The van der Waals surface area contributed by atoms with Crippen molar-refractivity contribution in [2.75, 3.05) is 11.1 Å². The van der Waals surface area contributed by atoms with E-state index in [1.807, 2.05) is 0 Å². The molecule has 2 heterocycles. The second kappa shape index (κ2) is 4.13. The Morgan fingerprint density at radius 3 is 2.71 bits per heavy atom. The van der Waals surface area contributed by atoms with Crippen LogP contribution in [0.15, 0.2) is 29.8 Å². The van der Waals surface area contributed by atoms with Crippen molar-refractivity contribution in [3.8, 4) is 0 Å². The molecular formula is C9H9N3O4S. The molecule has 1 N–H and O–H groups in total. The van der Waals surface area contributed by atoms with Gasteiger partial charge in [0.1, 0.15) is 0 Å². The molecule has 0 spiro atoms. The molecule has 2 rings (SSSR count). The number of pyridine rings is 1. The van der Waals surface area contributed by atoms with E-state index in [0.717, 1.165) is 5.41 Å². The number of sulfone groups is 1. The summed E-state index contributed by atoms with van der Waals surface area (Å²) in [5.41, 5.74) is 0.544. The van der Waals surface area contributed by atoms with Gasteiger partial charge in [0, 0.05) is 11.5 Å². The minimum Gasteiger partial charge on any atom is -0.375 e.